The molecule has 1 atom stereocenters. The Morgan fingerprint density at radius 2 is 1.07 bits per heavy atom. The molecule has 0 amide bonds. The van der Waals surface area contributed by atoms with E-state index in [1.165, 1.54) is 44.5 Å². The predicted molar refractivity (Wildman–Crippen MR) is 113 cm³/mol. The summed E-state index contributed by atoms with van der Waals surface area (Å²) in [5.74, 6) is 0. The first-order valence-electron chi connectivity index (χ1n) is 9.38. The zero-order chi connectivity index (χ0) is 18.8. The van der Waals surface area contributed by atoms with Gasteiger partial charge in [-0.15, -0.1) is 0 Å². The highest BCUT2D eigenvalue weighted by molar-refractivity contribution is 5.98. The van der Waals surface area contributed by atoms with Crippen LogP contribution in [0.1, 0.15) is 39.5 Å². The Hall–Kier alpha value is -3.06. The lowest BCUT2D eigenvalue weighted by Gasteiger charge is -2.27. The standard InChI is InChI=1S/C26H24O/c1-18-4-10-21(11-5-18)24-16-17-27-26(23-14-8-20(3)9-15-23)25(24)22-12-6-19(2)7-13-22/h4-17,26H,1-3H3. The van der Waals surface area contributed by atoms with Gasteiger partial charge in [-0.05, 0) is 49.1 Å². The van der Waals surface area contributed by atoms with Crippen molar-refractivity contribution in [2.45, 2.75) is 26.9 Å². The third-order valence-electron chi connectivity index (χ3n) is 5.11. The Balaban J connectivity index is 1.91. The molecule has 0 bridgehead atoms. The van der Waals surface area contributed by atoms with Gasteiger partial charge >= 0.3 is 0 Å². The summed E-state index contributed by atoms with van der Waals surface area (Å²) in [6.07, 6.45) is 3.80. The molecule has 0 fully saturated rings. The number of hydrogen-bond donors (Lipinski definition) is 0. The molecule has 0 aliphatic carbocycles. The lowest BCUT2D eigenvalue weighted by Crippen LogP contribution is -2.09. The van der Waals surface area contributed by atoms with Gasteiger partial charge in [-0.3, -0.25) is 0 Å². The molecule has 1 heterocycles. The number of ether oxygens (including phenoxy) is 1. The van der Waals surface area contributed by atoms with Crippen LogP contribution in [0, 0.1) is 20.8 Å². The van der Waals surface area contributed by atoms with Crippen LogP contribution >= 0.6 is 0 Å². The van der Waals surface area contributed by atoms with E-state index >= 15 is 0 Å². The van der Waals surface area contributed by atoms with Crippen LogP contribution in [0.25, 0.3) is 11.1 Å². The summed E-state index contributed by atoms with van der Waals surface area (Å²) in [6.45, 7) is 6.35. The first-order valence-corrected chi connectivity index (χ1v) is 9.38. The number of benzene rings is 3. The second kappa shape index (κ2) is 7.28. The minimum absolute atomic E-state index is 0.116. The highest BCUT2D eigenvalue weighted by Gasteiger charge is 2.25. The van der Waals surface area contributed by atoms with Gasteiger partial charge in [0.2, 0.25) is 0 Å². The highest BCUT2D eigenvalue weighted by Crippen LogP contribution is 2.42. The lowest BCUT2D eigenvalue weighted by molar-refractivity contribution is 0.196. The monoisotopic (exact) mass is 352 g/mol. The molecule has 27 heavy (non-hydrogen) atoms. The zero-order valence-electron chi connectivity index (χ0n) is 16.1. The van der Waals surface area contributed by atoms with Crippen molar-refractivity contribution in [3.05, 3.63) is 119 Å². The topological polar surface area (TPSA) is 9.23 Å². The first-order chi connectivity index (χ1) is 13.1. The SMILES string of the molecule is Cc1ccc(C2=C(c3ccc(C)cc3)C(c3ccc(C)cc3)OC=C2)cc1. The molecule has 0 aromatic heterocycles. The molecule has 1 nitrogen and oxygen atoms in total. The van der Waals surface area contributed by atoms with Crippen LogP contribution in [0.3, 0.4) is 0 Å². The summed E-state index contributed by atoms with van der Waals surface area (Å²) in [5.41, 5.74) is 9.80. The van der Waals surface area contributed by atoms with Crippen LogP contribution in [0.5, 0.6) is 0 Å². The lowest BCUT2D eigenvalue weighted by atomic mass is 9.86. The van der Waals surface area contributed by atoms with Gasteiger partial charge in [0.1, 0.15) is 6.10 Å². The Morgan fingerprint density at radius 3 is 1.63 bits per heavy atom. The summed E-state index contributed by atoms with van der Waals surface area (Å²) in [7, 11) is 0. The van der Waals surface area contributed by atoms with Crippen molar-refractivity contribution in [1.29, 1.82) is 0 Å². The third kappa shape index (κ3) is 3.59. The number of rotatable bonds is 3. The molecule has 1 heteroatoms. The van der Waals surface area contributed by atoms with Gasteiger partial charge in [0.25, 0.3) is 0 Å². The van der Waals surface area contributed by atoms with Crippen molar-refractivity contribution in [2.24, 2.45) is 0 Å². The van der Waals surface area contributed by atoms with Crippen LogP contribution in [-0.4, -0.2) is 0 Å². The van der Waals surface area contributed by atoms with Crippen molar-refractivity contribution in [3.8, 4) is 0 Å². The van der Waals surface area contributed by atoms with Gasteiger partial charge in [-0.1, -0.05) is 89.5 Å². The van der Waals surface area contributed by atoms with E-state index in [2.05, 4.69) is 99.6 Å². The van der Waals surface area contributed by atoms with E-state index in [1.54, 1.807) is 0 Å². The maximum atomic E-state index is 6.14. The summed E-state index contributed by atoms with van der Waals surface area (Å²) in [6, 6.07) is 26.1. The van der Waals surface area contributed by atoms with Gasteiger partial charge in [0, 0.05) is 5.57 Å². The second-order valence-electron chi connectivity index (χ2n) is 7.29. The van der Waals surface area contributed by atoms with E-state index in [0.717, 1.165) is 0 Å². The van der Waals surface area contributed by atoms with E-state index in [9.17, 15) is 0 Å². The predicted octanol–water partition coefficient (Wildman–Crippen LogP) is 6.81. The van der Waals surface area contributed by atoms with Gasteiger partial charge in [0.15, 0.2) is 0 Å². The van der Waals surface area contributed by atoms with Crippen molar-refractivity contribution in [2.75, 3.05) is 0 Å². The summed E-state index contributed by atoms with van der Waals surface area (Å²) in [5, 5.41) is 0. The molecule has 3 aromatic carbocycles. The number of allylic oxidation sites excluding steroid dienone is 2. The molecule has 1 aliphatic heterocycles. The van der Waals surface area contributed by atoms with Crippen molar-refractivity contribution in [3.63, 3.8) is 0 Å². The Bertz CT molecular complexity index is 988. The molecular weight excluding hydrogens is 328 g/mol. The van der Waals surface area contributed by atoms with Gasteiger partial charge in [0.05, 0.1) is 6.26 Å². The summed E-state index contributed by atoms with van der Waals surface area (Å²) in [4.78, 5) is 0. The fraction of sp³-hybridized carbons (Fsp3) is 0.154. The Kier molecular flexibility index (Phi) is 4.68. The molecule has 134 valence electrons. The minimum atomic E-state index is -0.116. The van der Waals surface area contributed by atoms with Gasteiger partial charge in [-0.2, -0.15) is 0 Å². The normalized spacial score (nSPS) is 16.3. The van der Waals surface area contributed by atoms with Crippen LogP contribution < -0.4 is 0 Å². The molecular formula is C26H24O. The fourth-order valence-corrected chi connectivity index (χ4v) is 3.50. The Labute approximate surface area is 161 Å². The molecule has 1 unspecified atom stereocenters. The van der Waals surface area contributed by atoms with Gasteiger partial charge in [-0.25, -0.2) is 0 Å². The van der Waals surface area contributed by atoms with E-state index in [0.29, 0.717) is 0 Å². The number of hydrogen-bond acceptors (Lipinski definition) is 1. The van der Waals surface area contributed by atoms with Crippen molar-refractivity contribution < 1.29 is 4.74 Å². The Morgan fingerprint density at radius 1 is 0.593 bits per heavy atom. The molecule has 4 rings (SSSR count). The maximum Gasteiger partial charge on any atom is 0.149 e. The quantitative estimate of drug-likeness (QED) is 0.503. The molecule has 0 spiro atoms. The second-order valence-corrected chi connectivity index (χ2v) is 7.29. The number of aryl methyl sites for hydroxylation is 3. The third-order valence-corrected chi connectivity index (χ3v) is 5.11. The highest BCUT2D eigenvalue weighted by atomic mass is 16.5. The summed E-state index contributed by atoms with van der Waals surface area (Å²) < 4.78 is 6.14. The van der Waals surface area contributed by atoms with E-state index < -0.39 is 0 Å². The fourth-order valence-electron chi connectivity index (χ4n) is 3.50. The molecule has 0 saturated carbocycles. The van der Waals surface area contributed by atoms with E-state index in [4.69, 9.17) is 4.74 Å². The molecule has 0 radical (unpaired) electrons. The van der Waals surface area contributed by atoms with E-state index in [1.807, 2.05) is 6.26 Å². The van der Waals surface area contributed by atoms with Gasteiger partial charge < -0.3 is 4.74 Å². The molecule has 3 aromatic rings. The average Bonchev–Trinajstić information content (AvgIpc) is 2.69. The van der Waals surface area contributed by atoms with Crippen LogP contribution in [0.4, 0.5) is 0 Å². The van der Waals surface area contributed by atoms with Crippen LogP contribution in [0.15, 0.2) is 85.1 Å². The largest absolute Gasteiger partial charge is 0.489 e. The minimum Gasteiger partial charge on any atom is -0.489 e. The summed E-state index contributed by atoms with van der Waals surface area (Å²) >= 11 is 0. The smallest absolute Gasteiger partial charge is 0.149 e. The zero-order valence-corrected chi connectivity index (χ0v) is 16.1. The van der Waals surface area contributed by atoms with E-state index in [-0.39, 0.29) is 6.10 Å². The molecule has 0 N–H and O–H groups in total. The molecule has 1 aliphatic rings. The van der Waals surface area contributed by atoms with Crippen LogP contribution in [-0.2, 0) is 4.74 Å². The molecule has 0 saturated heterocycles. The maximum absolute atomic E-state index is 6.14. The first kappa shape index (κ1) is 17.4. The van der Waals surface area contributed by atoms with Crippen molar-refractivity contribution in [1.82, 2.24) is 0 Å². The average molecular weight is 352 g/mol. The van der Waals surface area contributed by atoms with Crippen molar-refractivity contribution >= 4 is 11.1 Å². The van der Waals surface area contributed by atoms with Crippen LogP contribution in [0.2, 0.25) is 0 Å².